The second-order valence-corrected chi connectivity index (χ2v) is 4.71. The Balaban J connectivity index is 2.42. The summed E-state index contributed by atoms with van der Waals surface area (Å²) in [6.07, 6.45) is 0. The van der Waals surface area contributed by atoms with Gasteiger partial charge in [-0.1, -0.05) is 0 Å². The highest BCUT2D eigenvalue weighted by molar-refractivity contribution is 9.10. The summed E-state index contributed by atoms with van der Waals surface area (Å²) in [5.41, 5.74) is 7.06. The van der Waals surface area contributed by atoms with E-state index in [1.54, 1.807) is 0 Å². The van der Waals surface area contributed by atoms with E-state index in [1.165, 1.54) is 36.4 Å². The fraction of sp³-hybridized carbons (Fsp3) is 0. The van der Waals surface area contributed by atoms with Crippen LogP contribution >= 0.6 is 15.9 Å². The number of halogens is 2. The number of aromatic carboxylic acids is 1. The molecular weight excluding hydrogens is 315 g/mol. The van der Waals surface area contributed by atoms with Crippen molar-refractivity contribution in [2.45, 2.75) is 0 Å². The van der Waals surface area contributed by atoms with Gasteiger partial charge in [-0.15, -0.1) is 0 Å². The Labute approximate surface area is 117 Å². The molecule has 19 heavy (non-hydrogen) atoms. The quantitative estimate of drug-likeness (QED) is 0.754. The van der Waals surface area contributed by atoms with Crippen LogP contribution in [0.15, 0.2) is 40.9 Å². The van der Waals surface area contributed by atoms with Crippen LogP contribution in [-0.4, -0.2) is 11.1 Å². The third-order valence-corrected chi connectivity index (χ3v) is 3.13. The van der Waals surface area contributed by atoms with Gasteiger partial charge in [-0.3, -0.25) is 0 Å². The molecule has 4 N–H and O–H groups in total. The van der Waals surface area contributed by atoms with E-state index in [-0.39, 0.29) is 11.4 Å². The summed E-state index contributed by atoms with van der Waals surface area (Å²) in [5.74, 6) is -1.45. The number of carboxylic acids is 1. The molecule has 2 rings (SSSR count). The van der Waals surface area contributed by atoms with Crippen LogP contribution in [0.3, 0.4) is 0 Å². The van der Waals surface area contributed by atoms with Gasteiger partial charge >= 0.3 is 5.97 Å². The highest BCUT2D eigenvalue weighted by Gasteiger charge is 2.11. The molecule has 98 valence electrons. The average Bonchev–Trinajstić information content (AvgIpc) is 2.32. The summed E-state index contributed by atoms with van der Waals surface area (Å²) in [5, 5.41) is 12.0. The maximum atomic E-state index is 13.0. The molecule has 0 fully saturated rings. The van der Waals surface area contributed by atoms with Crippen LogP contribution in [0.5, 0.6) is 0 Å². The van der Waals surface area contributed by atoms with Crippen LogP contribution < -0.4 is 11.1 Å². The van der Waals surface area contributed by atoms with E-state index in [0.29, 0.717) is 21.5 Å². The first-order valence-electron chi connectivity index (χ1n) is 5.32. The largest absolute Gasteiger partial charge is 0.478 e. The van der Waals surface area contributed by atoms with Gasteiger partial charge < -0.3 is 16.2 Å². The second kappa shape index (κ2) is 5.27. The van der Waals surface area contributed by atoms with Crippen molar-refractivity contribution in [1.82, 2.24) is 0 Å². The molecule has 2 aromatic carbocycles. The van der Waals surface area contributed by atoms with Gasteiger partial charge in [0.05, 0.1) is 16.9 Å². The van der Waals surface area contributed by atoms with E-state index in [2.05, 4.69) is 21.2 Å². The minimum atomic E-state index is -1.07. The SMILES string of the molecule is Nc1ccc(C(=O)O)c(Nc2ccc(F)cc2Br)c1. The number of anilines is 3. The summed E-state index contributed by atoms with van der Waals surface area (Å²) < 4.78 is 13.5. The Hall–Kier alpha value is -2.08. The first-order valence-corrected chi connectivity index (χ1v) is 6.11. The maximum absolute atomic E-state index is 13.0. The molecule has 0 bridgehead atoms. The molecule has 0 heterocycles. The van der Waals surface area contributed by atoms with E-state index in [4.69, 9.17) is 10.8 Å². The lowest BCUT2D eigenvalue weighted by atomic mass is 10.1. The normalized spacial score (nSPS) is 10.2. The Kier molecular flexibility index (Phi) is 3.71. The summed E-state index contributed by atoms with van der Waals surface area (Å²) in [6.45, 7) is 0. The van der Waals surface area contributed by atoms with Crippen LogP contribution in [0.2, 0.25) is 0 Å². The van der Waals surface area contributed by atoms with Gasteiger partial charge in [-0.05, 0) is 52.3 Å². The summed E-state index contributed by atoms with van der Waals surface area (Å²) >= 11 is 3.20. The molecule has 0 aliphatic carbocycles. The van der Waals surface area contributed by atoms with Crippen molar-refractivity contribution in [1.29, 1.82) is 0 Å². The van der Waals surface area contributed by atoms with Crippen molar-refractivity contribution in [2.24, 2.45) is 0 Å². The van der Waals surface area contributed by atoms with Gasteiger partial charge in [0, 0.05) is 10.2 Å². The molecule has 0 saturated heterocycles. The Morgan fingerprint density at radius 3 is 2.58 bits per heavy atom. The van der Waals surface area contributed by atoms with E-state index in [1.807, 2.05) is 0 Å². The average molecular weight is 325 g/mol. The highest BCUT2D eigenvalue weighted by atomic mass is 79.9. The minimum absolute atomic E-state index is 0.0884. The molecule has 0 spiro atoms. The van der Waals surface area contributed by atoms with Crippen LogP contribution in [0, 0.1) is 5.82 Å². The highest BCUT2D eigenvalue weighted by Crippen LogP contribution is 2.29. The van der Waals surface area contributed by atoms with Gasteiger partial charge in [0.25, 0.3) is 0 Å². The van der Waals surface area contributed by atoms with Gasteiger partial charge in [-0.25, -0.2) is 9.18 Å². The monoisotopic (exact) mass is 324 g/mol. The molecule has 0 aromatic heterocycles. The van der Waals surface area contributed by atoms with Crippen LogP contribution in [-0.2, 0) is 0 Å². The zero-order valence-corrected chi connectivity index (χ0v) is 11.2. The summed E-state index contributed by atoms with van der Waals surface area (Å²) in [6, 6.07) is 8.51. The standard InChI is InChI=1S/C13H10BrFN2O2/c14-10-5-7(15)1-4-11(10)17-12-6-8(16)2-3-9(12)13(18)19/h1-6,17H,16H2,(H,18,19). The van der Waals surface area contributed by atoms with E-state index in [0.717, 1.165) is 0 Å². The topological polar surface area (TPSA) is 75.4 Å². The second-order valence-electron chi connectivity index (χ2n) is 3.86. The third-order valence-electron chi connectivity index (χ3n) is 2.47. The lowest BCUT2D eigenvalue weighted by Crippen LogP contribution is -2.04. The zero-order valence-electron chi connectivity index (χ0n) is 9.65. The van der Waals surface area contributed by atoms with E-state index >= 15 is 0 Å². The number of nitrogen functional groups attached to an aromatic ring is 1. The molecule has 4 nitrogen and oxygen atoms in total. The van der Waals surface area contributed by atoms with Crippen molar-refractivity contribution in [3.63, 3.8) is 0 Å². The van der Waals surface area contributed by atoms with E-state index < -0.39 is 5.97 Å². The van der Waals surface area contributed by atoms with Crippen molar-refractivity contribution in [3.05, 3.63) is 52.3 Å². The predicted octanol–water partition coefficient (Wildman–Crippen LogP) is 3.61. The predicted molar refractivity (Wildman–Crippen MR) is 75.2 cm³/mol. The van der Waals surface area contributed by atoms with Crippen LogP contribution in [0.1, 0.15) is 10.4 Å². The molecule has 0 radical (unpaired) electrons. The van der Waals surface area contributed by atoms with E-state index in [9.17, 15) is 9.18 Å². The first-order chi connectivity index (χ1) is 8.97. The Morgan fingerprint density at radius 1 is 1.21 bits per heavy atom. The molecular formula is C13H10BrFN2O2. The molecule has 0 atom stereocenters. The van der Waals surface area contributed by atoms with Crippen LogP contribution in [0.25, 0.3) is 0 Å². The van der Waals surface area contributed by atoms with Crippen molar-refractivity contribution < 1.29 is 14.3 Å². The van der Waals surface area contributed by atoms with Gasteiger partial charge in [0.2, 0.25) is 0 Å². The van der Waals surface area contributed by atoms with Crippen molar-refractivity contribution >= 4 is 39.0 Å². The fourth-order valence-corrected chi connectivity index (χ4v) is 2.04. The number of hydrogen-bond acceptors (Lipinski definition) is 3. The molecule has 0 amide bonds. The Morgan fingerprint density at radius 2 is 1.95 bits per heavy atom. The lowest BCUT2D eigenvalue weighted by Gasteiger charge is -2.12. The number of nitrogens with one attached hydrogen (secondary N) is 1. The van der Waals surface area contributed by atoms with Crippen LogP contribution in [0.4, 0.5) is 21.5 Å². The first kappa shape index (κ1) is 13.4. The molecule has 2 aromatic rings. The molecule has 0 aliphatic rings. The van der Waals surface area contributed by atoms with Gasteiger partial charge in [-0.2, -0.15) is 0 Å². The number of carboxylic acid groups (broad SMARTS) is 1. The number of carbonyl (C=O) groups is 1. The fourth-order valence-electron chi connectivity index (χ4n) is 1.59. The minimum Gasteiger partial charge on any atom is -0.478 e. The number of nitrogens with two attached hydrogens (primary N) is 1. The van der Waals surface area contributed by atoms with Gasteiger partial charge in [0.1, 0.15) is 5.82 Å². The summed E-state index contributed by atoms with van der Waals surface area (Å²) in [4.78, 5) is 11.1. The lowest BCUT2D eigenvalue weighted by molar-refractivity contribution is 0.0698. The number of hydrogen-bond donors (Lipinski definition) is 3. The number of rotatable bonds is 3. The van der Waals surface area contributed by atoms with Gasteiger partial charge in [0.15, 0.2) is 0 Å². The number of benzene rings is 2. The zero-order chi connectivity index (χ0) is 14.0. The summed E-state index contributed by atoms with van der Waals surface area (Å²) in [7, 11) is 0. The maximum Gasteiger partial charge on any atom is 0.337 e. The van der Waals surface area contributed by atoms with Crippen molar-refractivity contribution in [3.8, 4) is 0 Å². The third kappa shape index (κ3) is 3.03. The molecule has 0 aliphatic heterocycles. The smallest absolute Gasteiger partial charge is 0.337 e. The molecule has 6 heteroatoms. The van der Waals surface area contributed by atoms with Crippen molar-refractivity contribution in [2.75, 3.05) is 11.1 Å². The molecule has 0 saturated carbocycles. The Bertz CT molecular complexity index is 647. The molecule has 0 unspecified atom stereocenters.